The van der Waals surface area contributed by atoms with Gasteiger partial charge in [-0.3, -0.25) is 24.1 Å². The number of ether oxygens (including phenoxy) is 1. The van der Waals surface area contributed by atoms with Crippen LogP contribution in [0.4, 0.5) is 11.4 Å². The largest absolute Gasteiger partial charge is 0.449 e. The van der Waals surface area contributed by atoms with Crippen LogP contribution in [0.1, 0.15) is 44.9 Å². The highest BCUT2D eigenvalue weighted by Gasteiger charge is 2.35. The summed E-state index contributed by atoms with van der Waals surface area (Å²) in [5.74, 6) is -2.56. The van der Waals surface area contributed by atoms with Crippen molar-refractivity contribution in [1.29, 1.82) is 0 Å². The molecule has 0 saturated carbocycles. The summed E-state index contributed by atoms with van der Waals surface area (Å²) in [6.07, 6.45) is 0.310. The average Bonchev–Trinajstić information content (AvgIpc) is 2.99. The second kappa shape index (κ2) is 9.25. The van der Waals surface area contributed by atoms with E-state index in [1.165, 1.54) is 38.1 Å². The summed E-state index contributed by atoms with van der Waals surface area (Å²) >= 11 is 0. The van der Waals surface area contributed by atoms with Gasteiger partial charge in [0.15, 0.2) is 6.10 Å². The molecule has 1 atom stereocenters. The Morgan fingerprint density at radius 3 is 2.19 bits per heavy atom. The Morgan fingerprint density at radius 2 is 1.59 bits per heavy atom. The molecule has 9 nitrogen and oxygen atoms in total. The number of nitrogens with zero attached hydrogens (tertiary/aromatic N) is 1. The van der Waals surface area contributed by atoms with E-state index >= 15 is 0 Å². The zero-order valence-corrected chi connectivity index (χ0v) is 17.5. The Labute approximate surface area is 184 Å². The maximum Gasteiger partial charge on any atom is 0.338 e. The quantitative estimate of drug-likeness (QED) is 0.392. The van der Waals surface area contributed by atoms with Crippen LogP contribution < -0.4 is 10.6 Å². The van der Waals surface area contributed by atoms with Gasteiger partial charge in [0.25, 0.3) is 17.7 Å². The second-order valence-corrected chi connectivity index (χ2v) is 7.07. The lowest BCUT2D eigenvalue weighted by molar-refractivity contribution is -0.123. The molecule has 0 radical (unpaired) electrons. The maximum atomic E-state index is 12.5. The molecule has 9 heteroatoms. The molecule has 0 spiro atoms. The minimum absolute atomic E-state index is 0.0460. The number of fused-ring (bicyclic) bond motifs is 1. The van der Waals surface area contributed by atoms with Gasteiger partial charge in [0.1, 0.15) is 0 Å². The van der Waals surface area contributed by atoms with Crippen molar-refractivity contribution in [2.45, 2.75) is 20.0 Å². The van der Waals surface area contributed by atoms with E-state index < -0.39 is 29.8 Å². The number of anilines is 2. The van der Waals surface area contributed by atoms with Gasteiger partial charge in [-0.2, -0.15) is 0 Å². The number of benzene rings is 2. The smallest absolute Gasteiger partial charge is 0.338 e. The molecule has 2 aromatic rings. The van der Waals surface area contributed by atoms with Crippen LogP contribution in [0.5, 0.6) is 0 Å². The minimum Gasteiger partial charge on any atom is -0.449 e. The molecule has 164 valence electrons. The van der Waals surface area contributed by atoms with Crippen LogP contribution in [0.15, 0.2) is 55.1 Å². The molecular weight excluding hydrogens is 414 g/mol. The van der Waals surface area contributed by atoms with Crippen LogP contribution in [0.3, 0.4) is 0 Å². The van der Waals surface area contributed by atoms with Crippen molar-refractivity contribution < 1.29 is 28.7 Å². The van der Waals surface area contributed by atoms with Gasteiger partial charge in [-0.15, -0.1) is 6.58 Å². The van der Waals surface area contributed by atoms with Gasteiger partial charge >= 0.3 is 5.97 Å². The van der Waals surface area contributed by atoms with Crippen LogP contribution in [-0.2, 0) is 14.3 Å². The zero-order valence-electron chi connectivity index (χ0n) is 17.5. The van der Waals surface area contributed by atoms with Gasteiger partial charge in [-0.1, -0.05) is 6.08 Å². The first-order chi connectivity index (χ1) is 15.2. The fourth-order valence-electron chi connectivity index (χ4n) is 3.08. The van der Waals surface area contributed by atoms with E-state index in [0.717, 1.165) is 4.90 Å². The van der Waals surface area contributed by atoms with E-state index in [0.29, 0.717) is 11.4 Å². The van der Waals surface area contributed by atoms with Crippen LogP contribution in [0.25, 0.3) is 0 Å². The number of esters is 1. The third-order valence-electron chi connectivity index (χ3n) is 4.64. The summed E-state index contributed by atoms with van der Waals surface area (Å²) in [6.45, 7) is 6.38. The van der Waals surface area contributed by atoms with Crippen molar-refractivity contribution in [2.75, 3.05) is 17.2 Å². The number of rotatable bonds is 7. The van der Waals surface area contributed by atoms with Crippen molar-refractivity contribution in [3.8, 4) is 0 Å². The van der Waals surface area contributed by atoms with Crippen LogP contribution in [-0.4, -0.2) is 47.1 Å². The topological polar surface area (TPSA) is 122 Å². The van der Waals surface area contributed by atoms with Crippen molar-refractivity contribution in [3.05, 3.63) is 71.8 Å². The SMILES string of the molecule is C=CCN1C(=O)c2ccc(C(=O)O[C@@H](C)C(=O)Nc3ccc(NC(C)=O)cc3)cc2C1=O. The minimum atomic E-state index is -1.12. The third-order valence-corrected chi connectivity index (χ3v) is 4.64. The van der Waals surface area contributed by atoms with Crippen molar-refractivity contribution in [2.24, 2.45) is 0 Å². The molecule has 1 heterocycles. The first-order valence-corrected chi connectivity index (χ1v) is 9.72. The third kappa shape index (κ3) is 4.72. The summed E-state index contributed by atoms with van der Waals surface area (Å²) < 4.78 is 5.21. The van der Waals surface area contributed by atoms with Gasteiger partial charge in [0, 0.05) is 24.8 Å². The van der Waals surface area contributed by atoms with Crippen LogP contribution in [0.2, 0.25) is 0 Å². The molecule has 0 fully saturated rings. The fraction of sp³-hybridized carbons (Fsp3) is 0.174. The van der Waals surface area contributed by atoms with Crippen molar-refractivity contribution >= 4 is 41.0 Å². The summed E-state index contributed by atoms with van der Waals surface area (Å²) in [4.78, 5) is 61.6. The molecule has 0 unspecified atom stereocenters. The average molecular weight is 435 g/mol. The lowest BCUT2D eigenvalue weighted by atomic mass is 10.1. The number of nitrogens with one attached hydrogen (secondary N) is 2. The lowest BCUT2D eigenvalue weighted by Crippen LogP contribution is -2.30. The molecule has 4 amide bonds. The molecule has 2 aromatic carbocycles. The van der Waals surface area contributed by atoms with Crippen LogP contribution in [0, 0.1) is 0 Å². The molecule has 32 heavy (non-hydrogen) atoms. The van der Waals surface area contributed by atoms with Crippen molar-refractivity contribution in [1.82, 2.24) is 4.90 Å². The van der Waals surface area contributed by atoms with Gasteiger partial charge in [-0.05, 0) is 49.4 Å². The monoisotopic (exact) mass is 435 g/mol. The number of amides is 4. The Bertz CT molecular complexity index is 1120. The van der Waals surface area contributed by atoms with Gasteiger partial charge < -0.3 is 15.4 Å². The number of imide groups is 1. The lowest BCUT2D eigenvalue weighted by Gasteiger charge is -2.14. The van der Waals surface area contributed by atoms with E-state index in [2.05, 4.69) is 17.2 Å². The van der Waals surface area contributed by atoms with E-state index in [9.17, 15) is 24.0 Å². The van der Waals surface area contributed by atoms with E-state index in [-0.39, 0.29) is 29.1 Å². The first kappa shape index (κ1) is 22.4. The normalized spacial score (nSPS) is 13.2. The molecule has 0 bridgehead atoms. The van der Waals surface area contributed by atoms with E-state index in [4.69, 9.17) is 4.74 Å². The van der Waals surface area contributed by atoms with Gasteiger partial charge in [0.2, 0.25) is 5.91 Å². The maximum absolute atomic E-state index is 12.5. The summed E-state index contributed by atoms with van der Waals surface area (Å²) in [7, 11) is 0. The predicted octanol–water partition coefficient (Wildman–Crippen LogP) is 2.61. The number of hydrogen-bond donors (Lipinski definition) is 2. The molecule has 0 aliphatic carbocycles. The van der Waals surface area contributed by atoms with E-state index in [1.54, 1.807) is 24.3 Å². The number of hydrogen-bond acceptors (Lipinski definition) is 6. The predicted molar refractivity (Wildman–Crippen MR) is 116 cm³/mol. The second-order valence-electron chi connectivity index (χ2n) is 7.07. The summed E-state index contributed by atoms with van der Waals surface area (Å²) in [6, 6.07) is 10.5. The van der Waals surface area contributed by atoms with Gasteiger partial charge in [-0.25, -0.2) is 4.79 Å². The molecule has 1 aliphatic rings. The Hall–Kier alpha value is -4.27. The molecule has 1 aliphatic heterocycles. The molecule has 3 rings (SSSR count). The summed E-state index contributed by atoms with van der Waals surface area (Å²) in [5, 5.41) is 5.22. The highest BCUT2D eigenvalue weighted by atomic mass is 16.5. The molecule has 0 aromatic heterocycles. The number of carbonyl (C=O) groups is 5. The Balaban J connectivity index is 1.64. The molecular formula is C23H21N3O6. The molecule has 0 saturated heterocycles. The zero-order chi connectivity index (χ0) is 23.4. The highest BCUT2D eigenvalue weighted by Crippen LogP contribution is 2.24. The van der Waals surface area contributed by atoms with Gasteiger partial charge in [0.05, 0.1) is 16.7 Å². The fourth-order valence-corrected chi connectivity index (χ4v) is 3.08. The Morgan fingerprint density at radius 1 is 1.00 bits per heavy atom. The van der Waals surface area contributed by atoms with E-state index in [1.807, 2.05) is 0 Å². The first-order valence-electron chi connectivity index (χ1n) is 9.72. The Kier molecular flexibility index (Phi) is 6.48. The standard InChI is InChI=1S/C23H21N3O6/c1-4-11-26-21(29)18-10-5-15(12-19(18)22(26)30)23(31)32-13(2)20(28)25-17-8-6-16(7-9-17)24-14(3)27/h4-10,12-13H,1,11H2,2-3H3,(H,24,27)(H,25,28)/t13-/m0/s1. The number of carbonyl (C=O) groups excluding carboxylic acids is 5. The highest BCUT2D eigenvalue weighted by molar-refractivity contribution is 6.22. The molecule has 2 N–H and O–H groups in total. The summed E-state index contributed by atoms with van der Waals surface area (Å²) in [5.41, 5.74) is 1.37. The van der Waals surface area contributed by atoms with Crippen molar-refractivity contribution in [3.63, 3.8) is 0 Å². The van der Waals surface area contributed by atoms with Crippen LogP contribution >= 0.6 is 0 Å².